The summed E-state index contributed by atoms with van der Waals surface area (Å²) >= 11 is 12.2. The van der Waals surface area contributed by atoms with E-state index < -0.39 is 6.04 Å². The monoisotopic (exact) mass is 486 g/mol. The zero-order valence-electron chi connectivity index (χ0n) is 18.2. The Hall–Kier alpha value is -2.89. The molecular formula is C26H25Cl2FN2O2. The third-order valence-corrected chi connectivity index (χ3v) is 5.97. The molecule has 0 heterocycles. The van der Waals surface area contributed by atoms with Crippen LogP contribution in [0.2, 0.25) is 10.0 Å². The van der Waals surface area contributed by atoms with Gasteiger partial charge in [-0.1, -0.05) is 71.7 Å². The standard InChI is InChI=1S/C26H25Cl2FN2O2/c1-2-30-26(33)24(15-18-6-4-3-5-7-18)31(17-20-10-13-22(27)23(28)14-20)25(32)16-19-8-11-21(29)12-9-19/h3-14,24H,2,15-17H2,1H3,(H,30,33). The third-order valence-electron chi connectivity index (χ3n) is 5.23. The molecule has 0 bridgehead atoms. The van der Waals surface area contributed by atoms with Gasteiger partial charge in [0.1, 0.15) is 11.9 Å². The smallest absolute Gasteiger partial charge is 0.243 e. The maximum absolute atomic E-state index is 13.5. The lowest BCUT2D eigenvalue weighted by molar-refractivity contribution is -0.140. The van der Waals surface area contributed by atoms with Gasteiger partial charge in [-0.15, -0.1) is 0 Å². The Morgan fingerprint density at radius 3 is 2.21 bits per heavy atom. The number of hydrogen-bond donors (Lipinski definition) is 1. The molecule has 0 saturated carbocycles. The van der Waals surface area contributed by atoms with Crippen molar-refractivity contribution in [1.29, 1.82) is 0 Å². The van der Waals surface area contributed by atoms with Crippen molar-refractivity contribution in [2.75, 3.05) is 6.54 Å². The first kappa shape index (κ1) is 24.7. The molecular weight excluding hydrogens is 462 g/mol. The molecule has 1 unspecified atom stereocenters. The highest BCUT2D eigenvalue weighted by Gasteiger charge is 2.30. The molecule has 3 aromatic carbocycles. The van der Waals surface area contributed by atoms with Crippen LogP contribution in [0.1, 0.15) is 23.6 Å². The normalized spacial score (nSPS) is 11.6. The van der Waals surface area contributed by atoms with Crippen LogP contribution in [0.4, 0.5) is 4.39 Å². The van der Waals surface area contributed by atoms with Crippen molar-refractivity contribution < 1.29 is 14.0 Å². The van der Waals surface area contributed by atoms with Gasteiger partial charge in [0.25, 0.3) is 0 Å². The molecule has 0 aliphatic heterocycles. The molecule has 4 nitrogen and oxygen atoms in total. The number of carbonyl (C=O) groups excluding carboxylic acids is 2. The molecule has 1 atom stereocenters. The third kappa shape index (κ3) is 7.04. The number of amides is 2. The average Bonchev–Trinajstić information content (AvgIpc) is 2.80. The van der Waals surface area contributed by atoms with Crippen LogP contribution in [-0.2, 0) is 29.0 Å². The fourth-order valence-corrected chi connectivity index (χ4v) is 3.88. The van der Waals surface area contributed by atoms with E-state index in [0.29, 0.717) is 28.6 Å². The highest BCUT2D eigenvalue weighted by Crippen LogP contribution is 2.24. The van der Waals surface area contributed by atoms with Crippen LogP contribution in [-0.4, -0.2) is 29.3 Å². The van der Waals surface area contributed by atoms with Gasteiger partial charge < -0.3 is 10.2 Å². The summed E-state index contributed by atoms with van der Waals surface area (Å²) < 4.78 is 13.3. The highest BCUT2D eigenvalue weighted by molar-refractivity contribution is 6.42. The summed E-state index contributed by atoms with van der Waals surface area (Å²) in [5.41, 5.74) is 2.34. The van der Waals surface area contributed by atoms with E-state index in [2.05, 4.69) is 5.32 Å². The molecule has 2 amide bonds. The van der Waals surface area contributed by atoms with Crippen molar-refractivity contribution in [3.05, 3.63) is 105 Å². The summed E-state index contributed by atoms with van der Waals surface area (Å²) in [6.07, 6.45) is 0.384. The Bertz CT molecular complexity index is 1090. The minimum absolute atomic E-state index is 0.0340. The first-order valence-corrected chi connectivity index (χ1v) is 11.4. The van der Waals surface area contributed by atoms with E-state index in [1.807, 2.05) is 37.3 Å². The van der Waals surface area contributed by atoms with Crippen LogP contribution < -0.4 is 5.32 Å². The maximum Gasteiger partial charge on any atom is 0.243 e. The second-order valence-electron chi connectivity index (χ2n) is 7.67. The lowest BCUT2D eigenvalue weighted by atomic mass is 10.0. The van der Waals surface area contributed by atoms with Crippen molar-refractivity contribution in [2.24, 2.45) is 0 Å². The fraction of sp³-hybridized carbons (Fsp3) is 0.231. The lowest BCUT2D eigenvalue weighted by Crippen LogP contribution is -2.50. The molecule has 0 aliphatic carbocycles. The first-order chi connectivity index (χ1) is 15.9. The second kappa shape index (κ2) is 11.8. The molecule has 0 saturated heterocycles. The minimum Gasteiger partial charge on any atom is -0.355 e. The second-order valence-corrected chi connectivity index (χ2v) is 8.49. The van der Waals surface area contributed by atoms with Crippen molar-refractivity contribution in [3.8, 4) is 0 Å². The number of benzene rings is 3. The molecule has 0 radical (unpaired) electrons. The molecule has 0 aliphatic rings. The van der Waals surface area contributed by atoms with Gasteiger partial charge in [-0.2, -0.15) is 0 Å². The number of carbonyl (C=O) groups is 2. The minimum atomic E-state index is -0.741. The number of hydrogen-bond acceptors (Lipinski definition) is 2. The Morgan fingerprint density at radius 1 is 0.909 bits per heavy atom. The van der Waals surface area contributed by atoms with Crippen LogP contribution >= 0.6 is 23.2 Å². The molecule has 0 fully saturated rings. The predicted octanol–water partition coefficient (Wildman–Crippen LogP) is 5.45. The van der Waals surface area contributed by atoms with Gasteiger partial charge in [-0.25, -0.2) is 4.39 Å². The summed E-state index contributed by atoms with van der Waals surface area (Å²) in [6.45, 7) is 2.45. The van der Waals surface area contributed by atoms with E-state index in [4.69, 9.17) is 23.2 Å². The number of rotatable bonds is 9. The van der Waals surface area contributed by atoms with Crippen molar-refractivity contribution in [1.82, 2.24) is 10.2 Å². The van der Waals surface area contributed by atoms with E-state index in [1.54, 1.807) is 35.2 Å². The van der Waals surface area contributed by atoms with E-state index in [0.717, 1.165) is 11.1 Å². The Balaban J connectivity index is 1.96. The van der Waals surface area contributed by atoms with Gasteiger partial charge in [0.05, 0.1) is 16.5 Å². The quantitative estimate of drug-likeness (QED) is 0.437. The molecule has 0 spiro atoms. The zero-order valence-corrected chi connectivity index (χ0v) is 19.7. The van der Waals surface area contributed by atoms with Crippen LogP contribution in [0, 0.1) is 5.82 Å². The number of likely N-dealkylation sites (N-methyl/N-ethyl adjacent to an activating group) is 1. The summed E-state index contributed by atoms with van der Waals surface area (Å²) in [5, 5.41) is 3.63. The Kier molecular flexibility index (Phi) is 8.87. The molecule has 3 rings (SSSR count). The maximum atomic E-state index is 13.5. The SMILES string of the molecule is CCNC(=O)C(Cc1ccccc1)N(Cc1ccc(Cl)c(Cl)c1)C(=O)Cc1ccc(F)cc1. The molecule has 0 aromatic heterocycles. The van der Waals surface area contributed by atoms with Crippen LogP contribution in [0.3, 0.4) is 0 Å². The van der Waals surface area contributed by atoms with Crippen LogP contribution in [0.5, 0.6) is 0 Å². The zero-order chi connectivity index (χ0) is 23.8. The number of halogens is 3. The molecule has 1 N–H and O–H groups in total. The Morgan fingerprint density at radius 2 is 1.58 bits per heavy atom. The fourth-order valence-electron chi connectivity index (χ4n) is 3.56. The van der Waals surface area contributed by atoms with Crippen molar-refractivity contribution >= 4 is 35.0 Å². The molecule has 172 valence electrons. The van der Waals surface area contributed by atoms with Crippen molar-refractivity contribution in [3.63, 3.8) is 0 Å². The van der Waals surface area contributed by atoms with Crippen molar-refractivity contribution in [2.45, 2.75) is 32.4 Å². The highest BCUT2D eigenvalue weighted by atomic mass is 35.5. The van der Waals surface area contributed by atoms with E-state index in [9.17, 15) is 14.0 Å². The number of nitrogens with zero attached hydrogens (tertiary/aromatic N) is 1. The van der Waals surface area contributed by atoms with Gasteiger partial charge >= 0.3 is 0 Å². The van der Waals surface area contributed by atoms with Gasteiger partial charge in [0.2, 0.25) is 11.8 Å². The topological polar surface area (TPSA) is 49.4 Å². The Labute approximate surface area is 203 Å². The molecule has 7 heteroatoms. The largest absolute Gasteiger partial charge is 0.355 e. The number of nitrogens with one attached hydrogen (secondary N) is 1. The summed E-state index contributed by atoms with van der Waals surface area (Å²) in [4.78, 5) is 28.1. The van der Waals surface area contributed by atoms with E-state index >= 15 is 0 Å². The lowest BCUT2D eigenvalue weighted by Gasteiger charge is -2.31. The first-order valence-electron chi connectivity index (χ1n) is 10.7. The van der Waals surface area contributed by atoms with E-state index in [-0.39, 0.29) is 30.6 Å². The van der Waals surface area contributed by atoms with Gasteiger partial charge in [0.15, 0.2) is 0 Å². The van der Waals surface area contributed by atoms with Crippen LogP contribution in [0.25, 0.3) is 0 Å². The van der Waals surface area contributed by atoms with E-state index in [1.165, 1.54) is 12.1 Å². The summed E-state index contributed by atoms with van der Waals surface area (Å²) in [7, 11) is 0. The van der Waals surface area contributed by atoms with Gasteiger partial charge in [-0.05, 0) is 47.9 Å². The summed E-state index contributed by atoms with van der Waals surface area (Å²) in [5.74, 6) is -0.864. The average molecular weight is 487 g/mol. The predicted molar refractivity (Wildman–Crippen MR) is 130 cm³/mol. The molecule has 33 heavy (non-hydrogen) atoms. The van der Waals surface area contributed by atoms with Gasteiger partial charge in [0, 0.05) is 19.5 Å². The molecule has 3 aromatic rings. The van der Waals surface area contributed by atoms with Crippen LogP contribution in [0.15, 0.2) is 72.8 Å². The summed E-state index contributed by atoms with van der Waals surface area (Å²) in [6, 6.07) is 19.7. The van der Waals surface area contributed by atoms with Gasteiger partial charge in [-0.3, -0.25) is 9.59 Å².